The third kappa shape index (κ3) is 2.93. The van der Waals surface area contributed by atoms with Gasteiger partial charge in [0.05, 0.1) is 5.52 Å². The van der Waals surface area contributed by atoms with Crippen LogP contribution in [0, 0.1) is 5.92 Å². The Morgan fingerprint density at radius 1 is 1.15 bits per heavy atom. The number of aliphatic carboxylic acids is 1. The maximum Gasteiger partial charge on any atom is 0.326 e. The van der Waals surface area contributed by atoms with Crippen LogP contribution in [0.5, 0.6) is 0 Å². The standard InChI is InChI=1S/C15H16N2O3/c1-9(2)13(15(19)20)17-14(18)12-8-7-10-5-3-4-6-11(10)16-12/h3-9,13H,1-2H3,(H,17,18)(H,19,20). The van der Waals surface area contributed by atoms with Crippen LogP contribution in [0.4, 0.5) is 0 Å². The second kappa shape index (κ2) is 5.69. The molecular formula is C15H16N2O3. The van der Waals surface area contributed by atoms with E-state index in [9.17, 15) is 9.59 Å². The number of aromatic nitrogens is 1. The van der Waals surface area contributed by atoms with Gasteiger partial charge < -0.3 is 10.4 Å². The van der Waals surface area contributed by atoms with Crippen LogP contribution in [0.25, 0.3) is 10.9 Å². The molecule has 2 rings (SSSR count). The Hall–Kier alpha value is -2.43. The molecule has 1 aromatic carbocycles. The molecule has 0 spiro atoms. The van der Waals surface area contributed by atoms with Gasteiger partial charge in [-0.25, -0.2) is 9.78 Å². The van der Waals surface area contributed by atoms with Crippen molar-refractivity contribution in [2.45, 2.75) is 19.9 Å². The van der Waals surface area contributed by atoms with E-state index in [2.05, 4.69) is 10.3 Å². The third-order valence-electron chi connectivity index (χ3n) is 3.05. The van der Waals surface area contributed by atoms with Gasteiger partial charge in [0, 0.05) is 5.39 Å². The second-order valence-electron chi connectivity index (χ2n) is 4.92. The van der Waals surface area contributed by atoms with Crippen molar-refractivity contribution in [1.82, 2.24) is 10.3 Å². The zero-order valence-electron chi connectivity index (χ0n) is 11.3. The predicted octanol–water partition coefficient (Wildman–Crippen LogP) is 2.07. The van der Waals surface area contributed by atoms with E-state index in [4.69, 9.17) is 5.11 Å². The van der Waals surface area contributed by atoms with Gasteiger partial charge in [0.1, 0.15) is 11.7 Å². The van der Waals surface area contributed by atoms with Gasteiger partial charge in [0.15, 0.2) is 0 Å². The molecule has 0 bridgehead atoms. The fraction of sp³-hybridized carbons (Fsp3) is 0.267. The Balaban J connectivity index is 2.24. The summed E-state index contributed by atoms with van der Waals surface area (Å²) in [7, 11) is 0. The molecular weight excluding hydrogens is 256 g/mol. The predicted molar refractivity (Wildman–Crippen MR) is 75.5 cm³/mol. The summed E-state index contributed by atoms with van der Waals surface area (Å²) in [6.45, 7) is 3.49. The van der Waals surface area contributed by atoms with Gasteiger partial charge in [-0.2, -0.15) is 0 Å². The highest BCUT2D eigenvalue weighted by Crippen LogP contribution is 2.12. The number of para-hydroxylation sites is 1. The van der Waals surface area contributed by atoms with Crippen LogP contribution >= 0.6 is 0 Å². The average Bonchev–Trinajstić information content (AvgIpc) is 2.43. The molecule has 2 aromatic rings. The largest absolute Gasteiger partial charge is 0.480 e. The van der Waals surface area contributed by atoms with E-state index < -0.39 is 17.9 Å². The van der Waals surface area contributed by atoms with E-state index in [1.807, 2.05) is 24.3 Å². The monoisotopic (exact) mass is 272 g/mol. The van der Waals surface area contributed by atoms with E-state index in [0.29, 0.717) is 5.52 Å². The number of rotatable bonds is 4. The average molecular weight is 272 g/mol. The molecule has 0 radical (unpaired) electrons. The minimum absolute atomic E-state index is 0.197. The lowest BCUT2D eigenvalue weighted by Gasteiger charge is -2.17. The summed E-state index contributed by atoms with van der Waals surface area (Å²) in [6, 6.07) is 9.91. The Morgan fingerprint density at radius 2 is 1.85 bits per heavy atom. The number of pyridine rings is 1. The molecule has 5 nitrogen and oxygen atoms in total. The normalized spacial score (nSPS) is 12.3. The number of carbonyl (C=O) groups excluding carboxylic acids is 1. The molecule has 1 atom stereocenters. The topological polar surface area (TPSA) is 79.3 Å². The zero-order chi connectivity index (χ0) is 14.7. The molecule has 0 aliphatic carbocycles. The van der Waals surface area contributed by atoms with Crippen LogP contribution in [-0.2, 0) is 4.79 Å². The smallest absolute Gasteiger partial charge is 0.326 e. The van der Waals surface area contributed by atoms with Gasteiger partial charge >= 0.3 is 5.97 Å². The maximum absolute atomic E-state index is 12.1. The first-order valence-corrected chi connectivity index (χ1v) is 6.38. The summed E-state index contributed by atoms with van der Waals surface area (Å²) in [4.78, 5) is 27.4. The van der Waals surface area contributed by atoms with Crippen molar-refractivity contribution in [1.29, 1.82) is 0 Å². The Bertz CT molecular complexity index is 652. The fourth-order valence-electron chi connectivity index (χ4n) is 1.92. The Kier molecular flexibility index (Phi) is 3.98. The minimum atomic E-state index is -1.05. The maximum atomic E-state index is 12.1. The van der Waals surface area contributed by atoms with Crippen LogP contribution in [-0.4, -0.2) is 28.0 Å². The molecule has 0 saturated carbocycles. The summed E-state index contributed by atoms with van der Waals surface area (Å²) in [5.41, 5.74) is 0.923. The van der Waals surface area contributed by atoms with Crippen LogP contribution in [0.1, 0.15) is 24.3 Å². The molecule has 2 N–H and O–H groups in total. The van der Waals surface area contributed by atoms with Crippen molar-refractivity contribution < 1.29 is 14.7 Å². The first-order chi connectivity index (χ1) is 9.49. The van der Waals surface area contributed by atoms with Gasteiger partial charge in [0.25, 0.3) is 5.91 Å². The number of nitrogens with zero attached hydrogens (tertiary/aromatic N) is 1. The second-order valence-corrected chi connectivity index (χ2v) is 4.92. The lowest BCUT2D eigenvalue weighted by molar-refractivity contribution is -0.140. The number of hydrogen-bond donors (Lipinski definition) is 2. The van der Waals surface area contributed by atoms with E-state index in [1.54, 1.807) is 26.0 Å². The molecule has 1 heterocycles. The summed E-state index contributed by atoms with van der Waals surface area (Å²) in [5, 5.41) is 12.5. The van der Waals surface area contributed by atoms with Gasteiger partial charge in [-0.05, 0) is 18.1 Å². The molecule has 0 fully saturated rings. The number of carbonyl (C=O) groups is 2. The molecule has 1 amide bonds. The molecule has 104 valence electrons. The molecule has 0 aliphatic rings. The highest BCUT2D eigenvalue weighted by molar-refractivity contribution is 5.97. The number of fused-ring (bicyclic) bond motifs is 1. The summed E-state index contributed by atoms with van der Waals surface area (Å²) in [5.74, 6) is -1.72. The lowest BCUT2D eigenvalue weighted by atomic mass is 10.0. The first-order valence-electron chi connectivity index (χ1n) is 6.38. The number of carboxylic acid groups (broad SMARTS) is 1. The molecule has 0 aliphatic heterocycles. The van der Waals surface area contributed by atoms with E-state index in [-0.39, 0.29) is 11.6 Å². The Morgan fingerprint density at radius 3 is 2.50 bits per heavy atom. The van der Waals surface area contributed by atoms with Crippen LogP contribution in [0.2, 0.25) is 0 Å². The number of hydrogen-bond acceptors (Lipinski definition) is 3. The molecule has 20 heavy (non-hydrogen) atoms. The highest BCUT2D eigenvalue weighted by Gasteiger charge is 2.24. The fourth-order valence-corrected chi connectivity index (χ4v) is 1.92. The van der Waals surface area contributed by atoms with E-state index in [0.717, 1.165) is 5.39 Å². The molecule has 1 unspecified atom stereocenters. The quantitative estimate of drug-likeness (QED) is 0.893. The van der Waals surface area contributed by atoms with Gasteiger partial charge in [-0.15, -0.1) is 0 Å². The van der Waals surface area contributed by atoms with Crippen LogP contribution < -0.4 is 5.32 Å². The van der Waals surface area contributed by atoms with E-state index >= 15 is 0 Å². The minimum Gasteiger partial charge on any atom is -0.480 e. The van der Waals surface area contributed by atoms with Gasteiger partial charge in [0.2, 0.25) is 0 Å². The third-order valence-corrected chi connectivity index (χ3v) is 3.05. The molecule has 0 saturated heterocycles. The highest BCUT2D eigenvalue weighted by atomic mass is 16.4. The van der Waals surface area contributed by atoms with Crippen LogP contribution in [0.15, 0.2) is 36.4 Å². The number of nitrogens with one attached hydrogen (secondary N) is 1. The van der Waals surface area contributed by atoms with Crippen molar-refractivity contribution >= 4 is 22.8 Å². The Labute approximate surface area is 116 Å². The van der Waals surface area contributed by atoms with Crippen molar-refractivity contribution in [3.63, 3.8) is 0 Å². The zero-order valence-corrected chi connectivity index (χ0v) is 11.3. The van der Waals surface area contributed by atoms with Crippen molar-refractivity contribution in [2.24, 2.45) is 5.92 Å². The van der Waals surface area contributed by atoms with Crippen molar-refractivity contribution in [3.05, 3.63) is 42.1 Å². The SMILES string of the molecule is CC(C)C(NC(=O)c1ccc2ccccc2n1)C(=O)O. The summed E-state index contributed by atoms with van der Waals surface area (Å²) in [6.07, 6.45) is 0. The molecule has 5 heteroatoms. The van der Waals surface area contributed by atoms with Crippen molar-refractivity contribution in [2.75, 3.05) is 0 Å². The summed E-state index contributed by atoms with van der Waals surface area (Å²) >= 11 is 0. The van der Waals surface area contributed by atoms with Crippen molar-refractivity contribution in [3.8, 4) is 0 Å². The molecule has 1 aromatic heterocycles. The van der Waals surface area contributed by atoms with Gasteiger partial charge in [-0.3, -0.25) is 4.79 Å². The van der Waals surface area contributed by atoms with E-state index in [1.165, 1.54) is 0 Å². The first kappa shape index (κ1) is 14.0. The number of amides is 1. The number of carboxylic acids is 1. The summed E-state index contributed by atoms with van der Waals surface area (Å²) < 4.78 is 0. The van der Waals surface area contributed by atoms with Crippen LogP contribution in [0.3, 0.4) is 0 Å². The number of benzene rings is 1. The van der Waals surface area contributed by atoms with Gasteiger partial charge in [-0.1, -0.05) is 38.1 Å². The lowest BCUT2D eigenvalue weighted by Crippen LogP contribution is -2.44.